The van der Waals surface area contributed by atoms with E-state index in [-0.39, 0.29) is 5.91 Å². The Bertz CT molecular complexity index is 894. The first-order chi connectivity index (χ1) is 12.4. The average molecular weight is 354 g/mol. The van der Waals surface area contributed by atoms with Crippen LogP contribution in [0.2, 0.25) is 0 Å². The molecule has 0 N–H and O–H groups in total. The zero-order valence-electron chi connectivity index (χ0n) is 15.4. The Morgan fingerprint density at radius 3 is 2.81 bits per heavy atom. The molecule has 0 fully saturated rings. The maximum atomic E-state index is 12.7. The summed E-state index contributed by atoms with van der Waals surface area (Å²) in [4.78, 5) is 14.3. The van der Waals surface area contributed by atoms with E-state index in [9.17, 15) is 4.79 Å². The van der Waals surface area contributed by atoms with Gasteiger partial charge in [-0.15, -0.1) is 0 Å². The van der Waals surface area contributed by atoms with E-state index in [1.165, 1.54) is 0 Å². The second-order valence-corrected chi connectivity index (χ2v) is 6.30. The van der Waals surface area contributed by atoms with Gasteiger partial charge in [0.2, 0.25) is 0 Å². The van der Waals surface area contributed by atoms with Crippen LogP contribution < -0.4 is 4.74 Å². The van der Waals surface area contributed by atoms with E-state index in [2.05, 4.69) is 10.3 Å². The highest BCUT2D eigenvalue weighted by molar-refractivity contribution is 5.94. The fourth-order valence-corrected chi connectivity index (χ4v) is 2.70. The summed E-state index contributed by atoms with van der Waals surface area (Å²) < 4.78 is 12.7. The minimum absolute atomic E-state index is 0.0726. The molecule has 0 aliphatic carbocycles. The maximum Gasteiger partial charge on any atom is 0.254 e. The normalized spacial score (nSPS) is 10.8. The summed E-state index contributed by atoms with van der Waals surface area (Å²) in [6.07, 6.45) is 3.65. The molecule has 0 bridgehead atoms. The molecular weight excluding hydrogens is 332 g/mol. The number of carbonyl (C=O) groups excluding carboxylic acids is 1. The zero-order chi connectivity index (χ0) is 18.7. The lowest BCUT2D eigenvalue weighted by atomic mass is 10.2. The summed E-state index contributed by atoms with van der Waals surface area (Å²) in [5.74, 6) is 1.30. The third kappa shape index (κ3) is 3.93. The molecule has 0 saturated heterocycles. The molecule has 0 atom stereocenters. The lowest BCUT2D eigenvalue weighted by Gasteiger charge is -2.17. The molecule has 0 aliphatic heterocycles. The molecule has 0 aliphatic rings. The highest BCUT2D eigenvalue weighted by atomic mass is 16.5. The summed E-state index contributed by atoms with van der Waals surface area (Å²) in [5, 5.41) is 8.04. The molecule has 2 heterocycles. The van der Waals surface area contributed by atoms with Crippen molar-refractivity contribution >= 4 is 5.91 Å². The van der Waals surface area contributed by atoms with Crippen LogP contribution in [0, 0.1) is 13.8 Å². The van der Waals surface area contributed by atoms with Crippen molar-refractivity contribution in [2.24, 2.45) is 7.05 Å². The molecule has 136 valence electrons. The standard InChI is InChI=1S/C19H22N4O3/c1-13-18(14(2)26-21-13)12-25-17-7-5-6-16(8-17)19(24)22(3)10-15-9-20-23(4)11-15/h5-9,11H,10,12H2,1-4H3. The molecule has 3 aromatic rings. The summed E-state index contributed by atoms with van der Waals surface area (Å²) in [7, 11) is 3.62. The molecule has 0 radical (unpaired) electrons. The van der Waals surface area contributed by atoms with Crippen LogP contribution in [0.15, 0.2) is 41.2 Å². The van der Waals surface area contributed by atoms with E-state index in [1.807, 2.05) is 39.2 Å². The van der Waals surface area contributed by atoms with Crippen LogP contribution in [0.3, 0.4) is 0 Å². The summed E-state index contributed by atoms with van der Waals surface area (Å²) in [5.41, 5.74) is 3.29. The van der Waals surface area contributed by atoms with E-state index in [1.54, 1.807) is 35.0 Å². The lowest BCUT2D eigenvalue weighted by Crippen LogP contribution is -2.26. The van der Waals surface area contributed by atoms with Crippen molar-refractivity contribution in [3.63, 3.8) is 0 Å². The van der Waals surface area contributed by atoms with Crippen molar-refractivity contribution in [1.29, 1.82) is 0 Å². The van der Waals surface area contributed by atoms with Gasteiger partial charge in [-0.3, -0.25) is 9.48 Å². The Balaban J connectivity index is 1.67. The summed E-state index contributed by atoms with van der Waals surface area (Å²) in [6.45, 7) is 4.58. The first kappa shape index (κ1) is 17.7. The predicted molar refractivity (Wildman–Crippen MR) is 95.8 cm³/mol. The zero-order valence-corrected chi connectivity index (χ0v) is 15.4. The number of aromatic nitrogens is 3. The summed E-state index contributed by atoms with van der Waals surface area (Å²) in [6, 6.07) is 7.18. The first-order valence-electron chi connectivity index (χ1n) is 8.31. The van der Waals surface area contributed by atoms with Gasteiger partial charge in [0, 0.05) is 38.0 Å². The van der Waals surface area contributed by atoms with Gasteiger partial charge in [0.1, 0.15) is 18.1 Å². The van der Waals surface area contributed by atoms with Crippen LogP contribution in [-0.4, -0.2) is 32.8 Å². The minimum Gasteiger partial charge on any atom is -0.489 e. The van der Waals surface area contributed by atoms with Crippen LogP contribution >= 0.6 is 0 Å². The molecule has 7 heteroatoms. The number of aryl methyl sites for hydroxylation is 3. The number of rotatable bonds is 6. The van der Waals surface area contributed by atoms with Crippen molar-refractivity contribution in [2.75, 3.05) is 7.05 Å². The van der Waals surface area contributed by atoms with Gasteiger partial charge in [0.15, 0.2) is 0 Å². The predicted octanol–water partition coefficient (Wildman–Crippen LogP) is 2.88. The van der Waals surface area contributed by atoms with Gasteiger partial charge in [0.05, 0.1) is 17.5 Å². The van der Waals surface area contributed by atoms with Gasteiger partial charge >= 0.3 is 0 Å². The fourth-order valence-electron chi connectivity index (χ4n) is 2.70. The fraction of sp³-hybridized carbons (Fsp3) is 0.316. The number of amides is 1. The number of benzene rings is 1. The van der Waals surface area contributed by atoms with Gasteiger partial charge in [-0.25, -0.2) is 0 Å². The number of ether oxygens (including phenoxy) is 1. The average Bonchev–Trinajstić information content (AvgIpc) is 3.18. The Labute approximate surface area is 152 Å². The molecule has 3 rings (SSSR count). The molecule has 0 spiro atoms. The topological polar surface area (TPSA) is 73.4 Å². The van der Waals surface area contributed by atoms with Crippen molar-refractivity contribution in [2.45, 2.75) is 27.0 Å². The maximum absolute atomic E-state index is 12.7. The monoisotopic (exact) mass is 354 g/mol. The van der Waals surface area contributed by atoms with Gasteiger partial charge < -0.3 is 14.2 Å². The van der Waals surface area contributed by atoms with Crippen LogP contribution in [0.5, 0.6) is 5.75 Å². The molecule has 26 heavy (non-hydrogen) atoms. The van der Waals surface area contributed by atoms with E-state index < -0.39 is 0 Å². The van der Waals surface area contributed by atoms with Crippen LogP contribution in [0.25, 0.3) is 0 Å². The minimum atomic E-state index is -0.0726. The third-order valence-corrected chi connectivity index (χ3v) is 4.17. The Hall–Kier alpha value is -3.09. The third-order valence-electron chi connectivity index (χ3n) is 4.17. The first-order valence-corrected chi connectivity index (χ1v) is 8.31. The molecule has 1 aromatic carbocycles. The Morgan fingerprint density at radius 1 is 1.35 bits per heavy atom. The van der Waals surface area contributed by atoms with E-state index in [4.69, 9.17) is 9.26 Å². The second-order valence-electron chi connectivity index (χ2n) is 6.30. The number of hydrogen-bond donors (Lipinski definition) is 0. The molecular formula is C19H22N4O3. The van der Waals surface area contributed by atoms with Gasteiger partial charge in [-0.2, -0.15) is 5.10 Å². The Kier molecular flexibility index (Phi) is 5.06. The molecule has 0 saturated carbocycles. The number of nitrogens with zero attached hydrogens (tertiary/aromatic N) is 4. The van der Waals surface area contributed by atoms with Gasteiger partial charge in [-0.1, -0.05) is 11.2 Å². The molecule has 2 aromatic heterocycles. The molecule has 1 amide bonds. The van der Waals surface area contributed by atoms with Crippen molar-refractivity contribution in [1.82, 2.24) is 19.8 Å². The van der Waals surface area contributed by atoms with E-state index in [0.717, 1.165) is 22.6 Å². The lowest BCUT2D eigenvalue weighted by molar-refractivity contribution is 0.0784. The van der Waals surface area contributed by atoms with Gasteiger partial charge in [0.25, 0.3) is 5.91 Å². The largest absolute Gasteiger partial charge is 0.489 e. The van der Waals surface area contributed by atoms with Crippen molar-refractivity contribution < 1.29 is 14.1 Å². The van der Waals surface area contributed by atoms with Crippen LogP contribution in [0.1, 0.15) is 32.9 Å². The summed E-state index contributed by atoms with van der Waals surface area (Å²) >= 11 is 0. The highest BCUT2D eigenvalue weighted by Crippen LogP contribution is 2.19. The number of hydrogen-bond acceptors (Lipinski definition) is 5. The molecule has 0 unspecified atom stereocenters. The van der Waals surface area contributed by atoms with Crippen molar-refractivity contribution in [3.8, 4) is 5.75 Å². The Morgan fingerprint density at radius 2 is 2.15 bits per heavy atom. The SMILES string of the molecule is Cc1noc(C)c1COc1cccc(C(=O)N(C)Cc2cnn(C)c2)c1. The second kappa shape index (κ2) is 7.43. The van der Waals surface area contributed by atoms with E-state index in [0.29, 0.717) is 24.5 Å². The van der Waals surface area contributed by atoms with Crippen molar-refractivity contribution in [3.05, 3.63) is 64.8 Å². The number of carbonyl (C=O) groups is 1. The molecule has 7 nitrogen and oxygen atoms in total. The van der Waals surface area contributed by atoms with Crippen LogP contribution in [-0.2, 0) is 20.2 Å². The highest BCUT2D eigenvalue weighted by Gasteiger charge is 2.14. The van der Waals surface area contributed by atoms with E-state index >= 15 is 0 Å². The quantitative estimate of drug-likeness (QED) is 0.680. The van der Waals surface area contributed by atoms with Gasteiger partial charge in [-0.05, 0) is 32.0 Å². The van der Waals surface area contributed by atoms with Crippen LogP contribution in [0.4, 0.5) is 0 Å². The smallest absolute Gasteiger partial charge is 0.254 e.